The van der Waals surface area contributed by atoms with Gasteiger partial charge in [-0.15, -0.1) is 0 Å². The summed E-state index contributed by atoms with van der Waals surface area (Å²) in [5.41, 5.74) is -2.60. The first-order chi connectivity index (χ1) is 22.2. The summed E-state index contributed by atoms with van der Waals surface area (Å²) in [6, 6.07) is 7.47. The lowest BCUT2D eigenvalue weighted by atomic mass is 9.93. The van der Waals surface area contributed by atoms with Crippen molar-refractivity contribution in [3.63, 3.8) is 0 Å². The Labute approximate surface area is 268 Å². The minimum absolute atomic E-state index is 0.0395. The third-order valence-corrected chi connectivity index (χ3v) is 8.23. The van der Waals surface area contributed by atoms with Crippen molar-refractivity contribution in [2.45, 2.75) is 51.0 Å². The Kier molecular flexibility index (Phi) is 11.5. The molecule has 256 valence electrons. The molecule has 1 unspecified atom stereocenters. The molecule has 10 nitrogen and oxygen atoms in total. The van der Waals surface area contributed by atoms with Crippen molar-refractivity contribution in [3.8, 4) is 5.75 Å². The number of aromatic nitrogens is 2. The summed E-state index contributed by atoms with van der Waals surface area (Å²) in [6.07, 6.45) is -7.22. The summed E-state index contributed by atoms with van der Waals surface area (Å²) in [5.74, 6) is 0.125. The Morgan fingerprint density at radius 3 is 2.32 bits per heavy atom. The van der Waals surface area contributed by atoms with Gasteiger partial charge in [-0.3, -0.25) is 9.59 Å². The number of likely N-dealkylation sites (tertiary alicyclic amines) is 1. The largest absolute Gasteiger partial charge is 0.497 e. The molecule has 0 spiro atoms. The van der Waals surface area contributed by atoms with Gasteiger partial charge >= 0.3 is 12.4 Å². The number of guanidine groups is 1. The zero-order chi connectivity index (χ0) is 34.4. The molecule has 0 radical (unpaired) electrons. The highest BCUT2D eigenvalue weighted by molar-refractivity contribution is 5.85. The molecular formula is C31H37F6N7O3. The predicted octanol–water partition coefficient (Wildman–Crippen LogP) is 4.56. The van der Waals surface area contributed by atoms with Crippen LogP contribution in [0.4, 0.5) is 26.3 Å². The van der Waals surface area contributed by atoms with Crippen molar-refractivity contribution in [3.05, 3.63) is 69.3 Å². The van der Waals surface area contributed by atoms with Gasteiger partial charge in [0.05, 0.1) is 19.3 Å². The van der Waals surface area contributed by atoms with Crippen LogP contribution in [0.25, 0.3) is 0 Å². The Balaban J connectivity index is 1.37. The number of piperidine rings is 1. The molecular weight excluding hydrogens is 632 g/mol. The number of rotatable bonds is 8. The molecule has 16 heteroatoms. The summed E-state index contributed by atoms with van der Waals surface area (Å²) in [6.45, 7) is 6.84. The number of amides is 1. The number of allylic oxidation sites excluding steroid dienone is 1. The molecule has 2 fully saturated rings. The SMILES string of the molecule is C=N/C(=N\C=C(/C)C(F)(F)F)N1CCN(C(=O)CCN2CCCC(c3cc(C(F)(F)F)c(=O)n(Cc4ccc(OC)cc4)n3)C2)CC1. The molecule has 4 rings (SSSR count). The van der Waals surface area contributed by atoms with E-state index in [1.165, 1.54) is 7.11 Å². The van der Waals surface area contributed by atoms with Crippen molar-refractivity contribution < 1.29 is 35.9 Å². The molecule has 2 aromatic rings. The lowest BCUT2D eigenvalue weighted by molar-refractivity contribution is -0.139. The van der Waals surface area contributed by atoms with Crippen molar-refractivity contribution in [2.75, 3.05) is 52.9 Å². The van der Waals surface area contributed by atoms with Gasteiger partial charge < -0.3 is 19.4 Å². The molecule has 0 bridgehead atoms. The zero-order valence-electron chi connectivity index (χ0n) is 26.1. The topological polar surface area (TPSA) is 95.6 Å². The van der Waals surface area contributed by atoms with Gasteiger partial charge in [-0.1, -0.05) is 12.1 Å². The van der Waals surface area contributed by atoms with E-state index in [-0.39, 0.29) is 36.4 Å². The first-order valence-electron chi connectivity index (χ1n) is 15.1. The van der Waals surface area contributed by atoms with Crippen LogP contribution in [0.15, 0.2) is 56.9 Å². The number of carbonyl (C=O) groups excluding carboxylic acids is 1. The lowest BCUT2D eigenvalue weighted by Gasteiger charge is -2.36. The number of alkyl halides is 6. The predicted molar refractivity (Wildman–Crippen MR) is 164 cm³/mol. The van der Waals surface area contributed by atoms with E-state index >= 15 is 0 Å². The number of hydrogen-bond donors (Lipinski definition) is 0. The molecule has 1 aromatic carbocycles. The second-order valence-corrected chi connectivity index (χ2v) is 11.4. The number of nitrogens with zero attached hydrogens (tertiary/aromatic N) is 7. The molecule has 0 N–H and O–H groups in total. The van der Waals surface area contributed by atoms with Gasteiger partial charge in [0.15, 0.2) is 0 Å². The van der Waals surface area contributed by atoms with Crippen LogP contribution in [0.3, 0.4) is 0 Å². The number of piperazine rings is 1. The number of hydrogen-bond acceptors (Lipinski definition) is 6. The quantitative estimate of drug-likeness (QED) is 0.233. The van der Waals surface area contributed by atoms with Gasteiger partial charge in [-0.05, 0) is 56.8 Å². The van der Waals surface area contributed by atoms with E-state index in [0.29, 0.717) is 76.2 Å². The second kappa shape index (κ2) is 15.1. The normalized spacial score (nSPS) is 18.8. The maximum Gasteiger partial charge on any atom is 0.421 e. The lowest BCUT2D eigenvalue weighted by Crippen LogP contribution is -2.50. The van der Waals surface area contributed by atoms with Crippen molar-refractivity contribution in [1.29, 1.82) is 0 Å². The van der Waals surface area contributed by atoms with Gasteiger partial charge in [0, 0.05) is 63.4 Å². The molecule has 1 amide bonds. The number of ether oxygens (including phenoxy) is 1. The molecule has 2 aliphatic heterocycles. The van der Waals surface area contributed by atoms with Crippen LogP contribution in [-0.4, -0.2) is 102 Å². The molecule has 2 saturated heterocycles. The van der Waals surface area contributed by atoms with E-state index in [4.69, 9.17) is 4.74 Å². The summed E-state index contributed by atoms with van der Waals surface area (Å²) in [5, 5.41) is 4.36. The van der Waals surface area contributed by atoms with Gasteiger partial charge in [0.2, 0.25) is 11.9 Å². The highest BCUT2D eigenvalue weighted by Crippen LogP contribution is 2.31. The van der Waals surface area contributed by atoms with Crippen molar-refractivity contribution in [1.82, 2.24) is 24.5 Å². The molecule has 2 aliphatic rings. The second-order valence-electron chi connectivity index (χ2n) is 11.4. The van der Waals surface area contributed by atoms with Crippen LogP contribution in [0.2, 0.25) is 0 Å². The average Bonchev–Trinajstić information content (AvgIpc) is 3.04. The van der Waals surface area contributed by atoms with Gasteiger partial charge in [-0.25, -0.2) is 14.7 Å². The van der Waals surface area contributed by atoms with E-state index in [1.807, 2.05) is 4.90 Å². The van der Waals surface area contributed by atoms with Crippen molar-refractivity contribution >= 4 is 18.6 Å². The Hall–Kier alpha value is -4.21. The highest BCUT2D eigenvalue weighted by atomic mass is 19.4. The van der Waals surface area contributed by atoms with Crippen LogP contribution >= 0.6 is 0 Å². The average molecular weight is 670 g/mol. The van der Waals surface area contributed by atoms with E-state index in [2.05, 4.69) is 21.8 Å². The fraction of sp³-hybridized carbons (Fsp3) is 0.516. The fourth-order valence-corrected chi connectivity index (χ4v) is 5.49. The van der Waals surface area contributed by atoms with E-state index in [9.17, 15) is 35.9 Å². The van der Waals surface area contributed by atoms with Crippen LogP contribution < -0.4 is 10.3 Å². The number of aliphatic imine (C=N–C) groups is 2. The Bertz CT molecular complexity index is 1530. The van der Waals surface area contributed by atoms with Crippen LogP contribution in [0.5, 0.6) is 5.75 Å². The molecule has 0 aliphatic carbocycles. The summed E-state index contributed by atoms with van der Waals surface area (Å²) in [7, 11) is 1.49. The highest BCUT2D eigenvalue weighted by Gasteiger charge is 2.37. The summed E-state index contributed by atoms with van der Waals surface area (Å²) < 4.78 is 86.0. The van der Waals surface area contributed by atoms with Crippen LogP contribution in [0.1, 0.15) is 48.9 Å². The molecule has 1 aromatic heterocycles. The van der Waals surface area contributed by atoms with Crippen molar-refractivity contribution in [2.24, 2.45) is 9.98 Å². The molecule has 3 heterocycles. The minimum Gasteiger partial charge on any atom is -0.497 e. The maximum absolute atomic E-state index is 13.9. The number of carbonyl (C=O) groups is 1. The Morgan fingerprint density at radius 2 is 1.72 bits per heavy atom. The number of methoxy groups -OCH3 is 1. The zero-order valence-corrected chi connectivity index (χ0v) is 26.1. The van der Waals surface area contributed by atoms with Gasteiger partial charge in [-0.2, -0.15) is 31.4 Å². The summed E-state index contributed by atoms with van der Waals surface area (Å²) >= 11 is 0. The number of halogens is 6. The van der Waals surface area contributed by atoms with Gasteiger partial charge in [0.25, 0.3) is 5.56 Å². The van der Waals surface area contributed by atoms with E-state index in [1.54, 1.807) is 34.1 Å². The standard InChI is InChI=1S/C31H37F6N7O3/c1-21(30(32,33)34)18-39-29(38-2)43-15-13-42(14-16-43)27(45)10-12-41-11-4-5-23(20-41)26-17-25(31(35,36)37)28(46)44(40-26)19-22-6-8-24(47-3)9-7-22/h6-9,17-18,23H,2,4-5,10-16,19-20H2,1,3H3/b21-18+,39-29+. The number of benzene rings is 1. The monoisotopic (exact) mass is 669 g/mol. The van der Waals surface area contributed by atoms with Gasteiger partial charge in [0.1, 0.15) is 11.3 Å². The minimum atomic E-state index is -4.85. The maximum atomic E-state index is 13.9. The molecule has 47 heavy (non-hydrogen) atoms. The molecule has 0 saturated carbocycles. The van der Waals surface area contributed by atoms with E-state index < -0.39 is 29.0 Å². The smallest absolute Gasteiger partial charge is 0.421 e. The summed E-state index contributed by atoms with van der Waals surface area (Å²) in [4.78, 5) is 38.7. The first-order valence-corrected chi connectivity index (χ1v) is 15.1. The van der Waals surface area contributed by atoms with Crippen LogP contribution in [0, 0.1) is 0 Å². The third kappa shape index (κ3) is 9.42. The van der Waals surface area contributed by atoms with Crippen LogP contribution in [-0.2, 0) is 17.5 Å². The Morgan fingerprint density at radius 1 is 1.06 bits per heavy atom. The fourth-order valence-electron chi connectivity index (χ4n) is 5.49. The molecule has 1 atom stereocenters. The third-order valence-electron chi connectivity index (χ3n) is 8.23. The van der Waals surface area contributed by atoms with E-state index in [0.717, 1.165) is 17.7 Å². The first kappa shape index (κ1) is 35.6.